The number of ether oxygens (including phenoxy) is 1. The summed E-state index contributed by atoms with van der Waals surface area (Å²) >= 11 is 0. The van der Waals surface area contributed by atoms with Gasteiger partial charge in [0, 0.05) is 0 Å². The second kappa shape index (κ2) is 4.28. The Balaban J connectivity index is 3.27. The van der Waals surface area contributed by atoms with Crippen molar-refractivity contribution < 1.29 is 17.9 Å². The molecule has 0 aromatic heterocycles. The molecule has 0 radical (unpaired) electrons. The van der Waals surface area contributed by atoms with E-state index in [9.17, 15) is 13.2 Å². The smallest absolute Gasteiger partial charge is 0.418 e. The van der Waals surface area contributed by atoms with Crippen LogP contribution in [0.2, 0.25) is 0 Å². The minimum Gasteiger partial charge on any atom is -0.488 e. The molecule has 92 valence electrons. The Hall–Kier alpha value is -1.70. The van der Waals surface area contributed by atoms with Gasteiger partial charge in [-0.3, -0.25) is 0 Å². The summed E-state index contributed by atoms with van der Waals surface area (Å²) < 4.78 is 43.5. The van der Waals surface area contributed by atoms with Crippen LogP contribution in [0, 0.1) is 6.57 Å². The molecule has 0 atom stereocenters. The fourth-order valence-corrected chi connectivity index (χ4v) is 1.23. The molecule has 1 aromatic carbocycles. The normalized spacial score (nSPS) is 12.1. The number of rotatable bonds is 1. The van der Waals surface area contributed by atoms with Crippen LogP contribution in [0.25, 0.3) is 4.85 Å². The van der Waals surface area contributed by atoms with Crippen molar-refractivity contribution in [2.75, 3.05) is 0 Å². The predicted octanol–water partition coefficient (Wildman–Crippen LogP) is 4.43. The van der Waals surface area contributed by atoms with Crippen LogP contribution in [0.1, 0.15) is 26.3 Å². The molecule has 0 N–H and O–H groups in total. The van der Waals surface area contributed by atoms with Gasteiger partial charge in [0.15, 0.2) is 5.69 Å². The van der Waals surface area contributed by atoms with Crippen molar-refractivity contribution in [3.05, 3.63) is 35.2 Å². The summed E-state index contributed by atoms with van der Waals surface area (Å²) in [5.74, 6) is -0.252. The summed E-state index contributed by atoms with van der Waals surface area (Å²) in [6, 6.07) is 3.29. The molecular formula is C12H12F3NO. The maximum Gasteiger partial charge on any atom is 0.418 e. The molecule has 0 heterocycles. The maximum absolute atomic E-state index is 12.8. The Morgan fingerprint density at radius 1 is 1.18 bits per heavy atom. The van der Waals surface area contributed by atoms with E-state index >= 15 is 0 Å². The topological polar surface area (TPSA) is 13.6 Å². The molecule has 0 unspecified atom stereocenters. The molecule has 0 spiro atoms. The molecule has 17 heavy (non-hydrogen) atoms. The zero-order valence-electron chi connectivity index (χ0n) is 9.72. The number of alkyl halides is 3. The molecule has 0 bridgehead atoms. The molecule has 1 rings (SSSR count). The Kier molecular flexibility index (Phi) is 3.37. The zero-order valence-corrected chi connectivity index (χ0v) is 9.72. The molecule has 0 aliphatic carbocycles. The fourth-order valence-electron chi connectivity index (χ4n) is 1.23. The molecule has 0 saturated heterocycles. The monoisotopic (exact) mass is 243 g/mol. The van der Waals surface area contributed by atoms with Gasteiger partial charge >= 0.3 is 6.18 Å². The first-order chi connectivity index (χ1) is 7.63. The number of benzene rings is 1. The molecule has 1 aromatic rings. The van der Waals surface area contributed by atoms with Gasteiger partial charge in [0.2, 0.25) is 0 Å². The number of nitrogens with zero attached hydrogens (tertiary/aromatic N) is 1. The Bertz CT molecular complexity index is 452. The van der Waals surface area contributed by atoms with Crippen LogP contribution in [-0.4, -0.2) is 5.60 Å². The van der Waals surface area contributed by atoms with Crippen LogP contribution in [0.3, 0.4) is 0 Å². The van der Waals surface area contributed by atoms with Crippen molar-refractivity contribution in [2.24, 2.45) is 0 Å². The quantitative estimate of drug-likeness (QED) is 0.665. The maximum atomic E-state index is 12.8. The van der Waals surface area contributed by atoms with E-state index in [0.717, 1.165) is 6.07 Å². The van der Waals surface area contributed by atoms with E-state index in [4.69, 9.17) is 11.3 Å². The Labute approximate surface area is 97.8 Å². The van der Waals surface area contributed by atoms with Gasteiger partial charge in [0.1, 0.15) is 11.4 Å². The minimum atomic E-state index is -4.53. The van der Waals surface area contributed by atoms with Crippen LogP contribution in [-0.2, 0) is 6.18 Å². The van der Waals surface area contributed by atoms with Gasteiger partial charge in [-0.15, -0.1) is 0 Å². The average Bonchev–Trinajstić information content (AvgIpc) is 2.14. The first kappa shape index (κ1) is 13.4. The molecule has 0 aliphatic rings. The van der Waals surface area contributed by atoms with Crippen molar-refractivity contribution in [2.45, 2.75) is 32.5 Å². The van der Waals surface area contributed by atoms with Gasteiger partial charge in [-0.1, -0.05) is 6.07 Å². The van der Waals surface area contributed by atoms with Crippen molar-refractivity contribution >= 4 is 5.69 Å². The van der Waals surface area contributed by atoms with Gasteiger partial charge in [-0.05, 0) is 32.9 Å². The minimum absolute atomic E-state index is 0.0569. The van der Waals surface area contributed by atoms with E-state index in [1.165, 1.54) is 12.1 Å². The molecule has 0 fully saturated rings. The summed E-state index contributed by atoms with van der Waals surface area (Å²) in [6.45, 7) is 11.7. The highest BCUT2D eigenvalue weighted by Gasteiger charge is 2.35. The summed E-state index contributed by atoms with van der Waals surface area (Å²) in [7, 11) is 0. The average molecular weight is 243 g/mol. The van der Waals surface area contributed by atoms with Crippen LogP contribution in [0.4, 0.5) is 18.9 Å². The zero-order chi connectivity index (χ0) is 13.3. The van der Waals surface area contributed by atoms with Crippen LogP contribution >= 0.6 is 0 Å². The lowest BCUT2D eigenvalue weighted by molar-refractivity contribution is -0.139. The van der Waals surface area contributed by atoms with Gasteiger partial charge < -0.3 is 4.74 Å². The molecule has 0 amide bonds. The third-order valence-electron chi connectivity index (χ3n) is 1.81. The third kappa shape index (κ3) is 3.66. The molecule has 5 heteroatoms. The van der Waals surface area contributed by atoms with E-state index in [-0.39, 0.29) is 11.4 Å². The first-order valence-corrected chi connectivity index (χ1v) is 4.91. The molecule has 0 aliphatic heterocycles. The van der Waals surface area contributed by atoms with Crippen LogP contribution in [0.5, 0.6) is 5.75 Å². The highest BCUT2D eigenvalue weighted by Crippen LogP contribution is 2.39. The van der Waals surface area contributed by atoms with Crippen molar-refractivity contribution in [1.29, 1.82) is 0 Å². The highest BCUT2D eigenvalue weighted by atomic mass is 19.4. The Morgan fingerprint density at radius 2 is 1.76 bits per heavy atom. The molecule has 2 nitrogen and oxygen atoms in total. The standard InChI is InChI=1S/C12H12F3NO/c1-11(2,3)17-10-6-5-8(16-4)7-9(10)12(13,14)15/h5-7H,1-3H3. The SMILES string of the molecule is [C-]#[N+]c1ccc(OC(C)(C)C)c(C(F)(F)F)c1. The lowest BCUT2D eigenvalue weighted by Crippen LogP contribution is -2.24. The second-order valence-electron chi connectivity index (χ2n) is 4.50. The van der Waals surface area contributed by atoms with Crippen molar-refractivity contribution in [1.82, 2.24) is 0 Å². The van der Waals surface area contributed by atoms with Gasteiger partial charge in [0.05, 0.1) is 12.1 Å². The lowest BCUT2D eigenvalue weighted by Gasteiger charge is -2.24. The summed E-state index contributed by atoms with van der Waals surface area (Å²) in [6.07, 6.45) is -4.53. The largest absolute Gasteiger partial charge is 0.488 e. The second-order valence-corrected chi connectivity index (χ2v) is 4.50. The van der Waals surface area contributed by atoms with Crippen LogP contribution < -0.4 is 4.74 Å². The predicted molar refractivity (Wildman–Crippen MR) is 58.1 cm³/mol. The van der Waals surface area contributed by atoms with E-state index in [1.807, 2.05) is 0 Å². The molecular weight excluding hydrogens is 231 g/mol. The van der Waals surface area contributed by atoms with Crippen molar-refractivity contribution in [3.63, 3.8) is 0 Å². The van der Waals surface area contributed by atoms with Gasteiger partial charge in [0.25, 0.3) is 0 Å². The third-order valence-corrected chi connectivity index (χ3v) is 1.81. The first-order valence-electron chi connectivity index (χ1n) is 4.91. The number of halogens is 3. The fraction of sp³-hybridized carbons (Fsp3) is 0.417. The lowest BCUT2D eigenvalue weighted by atomic mass is 10.1. The van der Waals surface area contributed by atoms with E-state index in [0.29, 0.717) is 0 Å². The highest BCUT2D eigenvalue weighted by molar-refractivity contribution is 5.53. The number of hydrogen-bond donors (Lipinski definition) is 0. The van der Waals surface area contributed by atoms with E-state index < -0.39 is 17.3 Å². The van der Waals surface area contributed by atoms with E-state index in [1.54, 1.807) is 20.8 Å². The number of hydrogen-bond acceptors (Lipinski definition) is 1. The van der Waals surface area contributed by atoms with E-state index in [2.05, 4.69) is 4.85 Å². The van der Waals surface area contributed by atoms with Gasteiger partial charge in [-0.2, -0.15) is 13.2 Å². The molecule has 0 saturated carbocycles. The summed E-state index contributed by atoms with van der Waals surface area (Å²) in [5, 5.41) is 0. The summed E-state index contributed by atoms with van der Waals surface area (Å²) in [5.41, 5.74) is -1.70. The summed E-state index contributed by atoms with van der Waals surface area (Å²) in [4.78, 5) is 2.98. The van der Waals surface area contributed by atoms with Crippen molar-refractivity contribution in [3.8, 4) is 5.75 Å². The van der Waals surface area contributed by atoms with Crippen LogP contribution in [0.15, 0.2) is 18.2 Å². The Morgan fingerprint density at radius 3 is 2.18 bits per heavy atom. The van der Waals surface area contributed by atoms with Gasteiger partial charge in [-0.25, -0.2) is 4.85 Å².